The molecule has 0 saturated carbocycles. The Morgan fingerprint density at radius 1 is 1.17 bits per heavy atom. The SMILES string of the molecule is CNS(=O)(=O)c1cccc(OC[C@@H](O)CN[C@H]2COC3(CCN(S(=O)(=O)c4cnc5cc(C)ccc5c4O)CC3)C2)c1. The lowest BCUT2D eigenvalue weighted by Gasteiger charge is -2.38. The van der Waals surface area contributed by atoms with Crippen molar-refractivity contribution in [3.63, 3.8) is 0 Å². The molecule has 0 amide bonds. The van der Waals surface area contributed by atoms with Crippen LogP contribution in [-0.2, 0) is 24.8 Å². The fourth-order valence-corrected chi connectivity index (χ4v) is 7.71. The molecule has 2 fully saturated rings. The lowest BCUT2D eigenvalue weighted by Crippen LogP contribution is -2.47. The van der Waals surface area contributed by atoms with Gasteiger partial charge in [0, 0.05) is 37.1 Å². The van der Waals surface area contributed by atoms with E-state index in [0.29, 0.717) is 42.5 Å². The number of pyridine rings is 1. The lowest BCUT2D eigenvalue weighted by atomic mass is 9.88. The summed E-state index contributed by atoms with van der Waals surface area (Å²) in [5, 5.41) is 24.9. The second-order valence-electron chi connectivity index (χ2n) is 10.8. The molecule has 1 aromatic heterocycles. The molecule has 0 unspecified atom stereocenters. The first-order chi connectivity index (χ1) is 19.9. The van der Waals surface area contributed by atoms with Crippen molar-refractivity contribution < 1.29 is 36.5 Å². The van der Waals surface area contributed by atoms with E-state index >= 15 is 0 Å². The summed E-state index contributed by atoms with van der Waals surface area (Å²) in [6, 6.07) is 11.3. The minimum Gasteiger partial charge on any atom is -0.506 e. The summed E-state index contributed by atoms with van der Waals surface area (Å²) in [5.74, 6) is 0.0398. The van der Waals surface area contributed by atoms with E-state index in [1.165, 1.54) is 29.7 Å². The summed E-state index contributed by atoms with van der Waals surface area (Å²) in [7, 11) is -6.22. The van der Waals surface area contributed by atoms with Crippen LogP contribution in [0.15, 0.2) is 58.5 Å². The van der Waals surface area contributed by atoms with Gasteiger partial charge in [-0.1, -0.05) is 12.1 Å². The van der Waals surface area contributed by atoms with E-state index < -0.39 is 31.8 Å². The molecule has 2 aromatic carbocycles. The molecule has 12 nitrogen and oxygen atoms in total. The van der Waals surface area contributed by atoms with Crippen LogP contribution in [-0.4, -0.2) is 94.0 Å². The van der Waals surface area contributed by atoms with Crippen LogP contribution in [0, 0.1) is 6.92 Å². The van der Waals surface area contributed by atoms with Crippen molar-refractivity contribution in [1.82, 2.24) is 19.3 Å². The van der Waals surface area contributed by atoms with Crippen molar-refractivity contribution in [3.05, 3.63) is 54.2 Å². The number of sulfonamides is 2. The molecule has 0 aliphatic carbocycles. The van der Waals surface area contributed by atoms with Crippen LogP contribution in [0.2, 0.25) is 0 Å². The zero-order valence-electron chi connectivity index (χ0n) is 23.5. The maximum Gasteiger partial charge on any atom is 0.248 e. The number of fused-ring (bicyclic) bond motifs is 1. The summed E-state index contributed by atoms with van der Waals surface area (Å²) in [6.07, 6.45) is 2.05. The zero-order valence-corrected chi connectivity index (χ0v) is 25.1. The summed E-state index contributed by atoms with van der Waals surface area (Å²) >= 11 is 0. The first-order valence-electron chi connectivity index (χ1n) is 13.7. The maximum absolute atomic E-state index is 13.4. The molecular formula is C28H36N4O8S2. The smallest absolute Gasteiger partial charge is 0.248 e. The van der Waals surface area contributed by atoms with Gasteiger partial charge >= 0.3 is 0 Å². The number of ether oxygens (including phenoxy) is 2. The molecule has 2 aliphatic heterocycles. The number of aliphatic hydroxyl groups excluding tert-OH is 1. The zero-order chi connectivity index (χ0) is 30.1. The minimum atomic E-state index is -3.95. The molecule has 3 aromatic rings. The van der Waals surface area contributed by atoms with Gasteiger partial charge < -0.3 is 25.0 Å². The van der Waals surface area contributed by atoms with Gasteiger partial charge in [-0.3, -0.25) is 4.98 Å². The second-order valence-corrected chi connectivity index (χ2v) is 14.6. The van der Waals surface area contributed by atoms with Gasteiger partial charge in [0.15, 0.2) is 0 Å². The van der Waals surface area contributed by atoms with Crippen molar-refractivity contribution in [2.75, 3.05) is 39.9 Å². The molecule has 228 valence electrons. The van der Waals surface area contributed by atoms with Crippen molar-refractivity contribution >= 4 is 30.9 Å². The monoisotopic (exact) mass is 620 g/mol. The van der Waals surface area contributed by atoms with Crippen molar-refractivity contribution in [1.29, 1.82) is 0 Å². The Bertz CT molecular complexity index is 1660. The Kier molecular flexibility index (Phi) is 8.77. The standard InChI is InChI=1S/C28H36N4O8S2/c1-19-6-7-24-25(12-19)31-16-26(27(24)34)42(37,38)32-10-8-28(9-11-32)14-20(17-40-28)30-15-21(33)18-39-22-4-3-5-23(13-22)41(35,36)29-2/h3-7,12-13,16,20-21,29-30,33H,8-11,14-15,17-18H2,1-2H3,(H,31,34)/t20-,21+/m1/s1. The highest BCUT2D eigenvalue weighted by Gasteiger charge is 2.45. The lowest BCUT2D eigenvalue weighted by molar-refractivity contribution is -0.0312. The number of aryl methyl sites for hydroxylation is 1. The van der Waals surface area contributed by atoms with Crippen LogP contribution in [0.25, 0.3) is 10.9 Å². The number of benzene rings is 2. The predicted octanol–water partition coefficient (Wildman–Crippen LogP) is 1.50. The van der Waals surface area contributed by atoms with E-state index in [9.17, 15) is 27.0 Å². The average molecular weight is 621 g/mol. The third-order valence-corrected chi connectivity index (χ3v) is 11.2. The maximum atomic E-state index is 13.4. The molecule has 2 atom stereocenters. The van der Waals surface area contributed by atoms with E-state index in [-0.39, 0.29) is 47.8 Å². The van der Waals surface area contributed by atoms with Gasteiger partial charge in [-0.15, -0.1) is 0 Å². The molecule has 5 rings (SSSR count). The Labute approximate surface area is 245 Å². The fourth-order valence-electron chi connectivity index (χ4n) is 5.46. The molecule has 0 radical (unpaired) electrons. The number of nitrogens with one attached hydrogen (secondary N) is 2. The normalized spacial score (nSPS) is 20.2. The number of aromatic hydroxyl groups is 1. The van der Waals surface area contributed by atoms with Gasteiger partial charge in [-0.25, -0.2) is 21.6 Å². The topological polar surface area (TPSA) is 167 Å². The van der Waals surface area contributed by atoms with Crippen molar-refractivity contribution in [2.24, 2.45) is 0 Å². The Balaban J connectivity index is 1.12. The van der Waals surface area contributed by atoms with E-state index in [4.69, 9.17) is 9.47 Å². The Morgan fingerprint density at radius 3 is 2.67 bits per heavy atom. The molecule has 1 spiro atoms. The van der Waals surface area contributed by atoms with Gasteiger partial charge in [0.2, 0.25) is 20.0 Å². The summed E-state index contributed by atoms with van der Waals surface area (Å²) in [5.41, 5.74) is 1.03. The van der Waals surface area contributed by atoms with Gasteiger partial charge in [0.25, 0.3) is 0 Å². The quantitative estimate of drug-likeness (QED) is 0.261. The van der Waals surface area contributed by atoms with Crippen molar-refractivity contribution in [2.45, 2.75) is 53.7 Å². The highest BCUT2D eigenvalue weighted by atomic mass is 32.2. The number of hydrogen-bond acceptors (Lipinski definition) is 10. The minimum absolute atomic E-state index is 0.0240. The van der Waals surface area contributed by atoms with Crippen LogP contribution in [0.5, 0.6) is 11.5 Å². The first-order valence-corrected chi connectivity index (χ1v) is 16.7. The number of hydrogen-bond donors (Lipinski definition) is 4. The Morgan fingerprint density at radius 2 is 1.93 bits per heavy atom. The van der Waals surface area contributed by atoms with Crippen LogP contribution in [0.1, 0.15) is 24.8 Å². The average Bonchev–Trinajstić information content (AvgIpc) is 3.37. The van der Waals surface area contributed by atoms with Gasteiger partial charge in [0.05, 0.1) is 28.8 Å². The van der Waals surface area contributed by atoms with Gasteiger partial charge in [0.1, 0.15) is 29.1 Å². The molecule has 42 heavy (non-hydrogen) atoms. The van der Waals surface area contributed by atoms with E-state index in [2.05, 4.69) is 15.0 Å². The molecule has 0 bridgehead atoms. The highest BCUT2D eigenvalue weighted by Crippen LogP contribution is 2.39. The van der Waals surface area contributed by atoms with Crippen LogP contribution in [0.4, 0.5) is 0 Å². The first kappa shape index (κ1) is 30.6. The fraction of sp³-hybridized carbons (Fsp3) is 0.464. The molecule has 14 heteroatoms. The van der Waals surface area contributed by atoms with Crippen LogP contribution >= 0.6 is 0 Å². The molecule has 2 aliphatic rings. The molecule has 3 heterocycles. The van der Waals surface area contributed by atoms with Gasteiger partial charge in [-0.05, 0) is 63.1 Å². The Hall–Kier alpha value is -2.85. The molecule has 2 saturated heterocycles. The molecule has 4 N–H and O–H groups in total. The van der Waals surface area contributed by atoms with Gasteiger partial charge in [-0.2, -0.15) is 4.31 Å². The number of aromatic nitrogens is 1. The largest absolute Gasteiger partial charge is 0.506 e. The number of rotatable bonds is 10. The summed E-state index contributed by atoms with van der Waals surface area (Å²) < 4.78 is 66.2. The number of aliphatic hydroxyl groups is 1. The summed E-state index contributed by atoms with van der Waals surface area (Å²) in [4.78, 5) is 4.14. The van der Waals surface area contributed by atoms with Crippen molar-refractivity contribution in [3.8, 4) is 11.5 Å². The predicted molar refractivity (Wildman–Crippen MR) is 155 cm³/mol. The third-order valence-electron chi connectivity index (χ3n) is 7.89. The highest BCUT2D eigenvalue weighted by molar-refractivity contribution is 7.89. The van der Waals surface area contributed by atoms with E-state index in [1.807, 2.05) is 6.92 Å². The second kappa shape index (κ2) is 12.0. The van der Waals surface area contributed by atoms with Crippen LogP contribution < -0.4 is 14.8 Å². The number of nitrogens with zero attached hydrogens (tertiary/aromatic N) is 2. The van der Waals surface area contributed by atoms with E-state index in [0.717, 1.165) is 5.56 Å². The summed E-state index contributed by atoms with van der Waals surface area (Å²) in [6.45, 7) is 3.04. The number of piperidine rings is 1. The molecular weight excluding hydrogens is 584 g/mol. The van der Waals surface area contributed by atoms with Crippen LogP contribution in [0.3, 0.4) is 0 Å². The third kappa shape index (κ3) is 6.39. The van der Waals surface area contributed by atoms with E-state index in [1.54, 1.807) is 30.3 Å².